The van der Waals surface area contributed by atoms with Gasteiger partial charge in [0.1, 0.15) is 5.82 Å². The van der Waals surface area contributed by atoms with E-state index >= 15 is 0 Å². The van der Waals surface area contributed by atoms with E-state index in [-0.39, 0.29) is 11.5 Å². The SMILES string of the molecule is Cn1c(=O)n(C)c2cc(CN(CCCn3ccnc3)Cc3cccc(F)c3)ccc21.O=C(O)CC(O)(CC(=O)O)C(=O)O. The van der Waals surface area contributed by atoms with Crippen molar-refractivity contribution in [3.63, 3.8) is 0 Å². The lowest BCUT2D eigenvalue weighted by molar-refractivity contribution is -0.170. The number of halogens is 1. The molecule has 0 spiro atoms. The monoisotopic (exact) mass is 599 g/mol. The molecule has 43 heavy (non-hydrogen) atoms. The predicted molar refractivity (Wildman–Crippen MR) is 153 cm³/mol. The maximum Gasteiger partial charge on any atom is 0.336 e. The second-order valence-electron chi connectivity index (χ2n) is 10.2. The lowest BCUT2D eigenvalue weighted by atomic mass is 9.96. The van der Waals surface area contributed by atoms with E-state index in [1.54, 1.807) is 41.6 Å². The van der Waals surface area contributed by atoms with Gasteiger partial charge in [-0.1, -0.05) is 18.2 Å². The molecule has 0 bridgehead atoms. The van der Waals surface area contributed by atoms with Crippen molar-refractivity contribution < 1.29 is 39.2 Å². The first-order chi connectivity index (χ1) is 20.3. The zero-order valence-corrected chi connectivity index (χ0v) is 23.8. The van der Waals surface area contributed by atoms with Crippen LogP contribution in [0.4, 0.5) is 4.39 Å². The minimum atomic E-state index is -2.74. The number of fused-ring (bicyclic) bond motifs is 1. The Morgan fingerprint density at radius 2 is 1.56 bits per heavy atom. The fourth-order valence-electron chi connectivity index (χ4n) is 4.63. The van der Waals surface area contributed by atoms with Crippen molar-refractivity contribution in [3.05, 3.63) is 88.6 Å². The van der Waals surface area contributed by atoms with Crippen LogP contribution in [0.25, 0.3) is 11.0 Å². The number of benzene rings is 2. The number of carbonyl (C=O) groups is 3. The van der Waals surface area contributed by atoms with Crippen LogP contribution in [0.3, 0.4) is 0 Å². The van der Waals surface area contributed by atoms with Crippen molar-refractivity contribution in [3.8, 4) is 0 Å². The number of nitrogens with zero attached hydrogens (tertiary/aromatic N) is 5. The molecule has 0 atom stereocenters. The molecule has 0 radical (unpaired) electrons. The third-order valence-corrected chi connectivity index (χ3v) is 6.77. The smallest absolute Gasteiger partial charge is 0.336 e. The highest BCUT2D eigenvalue weighted by Gasteiger charge is 2.40. The second kappa shape index (κ2) is 14.4. The normalized spacial score (nSPS) is 11.4. The molecule has 2 aromatic heterocycles. The molecule has 0 fully saturated rings. The summed E-state index contributed by atoms with van der Waals surface area (Å²) in [6, 6.07) is 12.9. The van der Waals surface area contributed by atoms with Gasteiger partial charge in [-0.05, 0) is 41.8 Å². The summed E-state index contributed by atoms with van der Waals surface area (Å²) in [5.41, 5.74) is 1.15. The predicted octanol–water partition coefficient (Wildman–Crippen LogP) is 2.06. The Hall–Kier alpha value is -4.82. The van der Waals surface area contributed by atoms with E-state index in [4.69, 9.17) is 20.4 Å². The molecular weight excluding hydrogens is 565 g/mol. The molecule has 0 aliphatic rings. The highest BCUT2D eigenvalue weighted by atomic mass is 19.1. The van der Waals surface area contributed by atoms with Gasteiger partial charge < -0.3 is 25.0 Å². The van der Waals surface area contributed by atoms with Crippen molar-refractivity contribution in [1.29, 1.82) is 0 Å². The van der Waals surface area contributed by atoms with Gasteiger partial charge in [-0.2, -0.15) is 0 Å². The van der Waals surface area contributed by atoms with Gasteiger partial charge in [-0.3, -0.25) is 23.6 Å². The largest absolute Gasteiger partial charge is 0.481 e. The lowest BCUT2D eigenvalue weighted by Crippen LogP contribution is -2.42. The van der Waals surface area contributed by atoms with Crippen LogP contribution in [-0.4, -0.2) is 74.1 Å². The number of carboxylic acids is 3. The van der Waals surface area contributed by atoms with E-state index in [2.05, 4.69) is 26.6 Å². The van der Waals surface area contributed by atoms with Gasteiger partial charge >= 0.3 is 23.6 Å². The number of aliphatic carboxylic acids is 3. The number of rotatable bonds is 13. The summed E-state index contributed by atoms with van der Waals surface area (Å²) in [4.78, 5) is 49.1. The summed E-state index contributed by atoms with van der Waals surface area (Å²) in [6.45, 7) is 3.12. The molecule has 0 aliphatic heterocycles. The van der Waals surface area contributed by atoms with Crippen LogP contribution in [0, 0.1) is 5.82 Å². The van der Waals surface area contributed by atoms with Gasteiger partial charge in [0.2, 0.25) is 0 Å². The summed E-state index contributed by atoms with van der Waals surface area (Å²) in [6.07, 6.45) is 4.23. The van der Waals surface area contributed by atoms with Crippen molar-refractivity contribution in [2.24, 2.45) is 14.1 Å². The quantitative estimate of drug-likeness (QED) is 0.178. The number of hydrogen-bond donors (Lipinski definition) is 4. The average molecular weight is 600 g/mol. The number of aryl methyl sites for hydroxylation is 3. The second-order valence-corrected chi connectivity index (χ2v) is 10.2. The fourth-order valence-corrected chi connectivity index (χ4v) is 4.63. The molecule has 230 valence electrons. The Bertz CT molecular complexity index is 1610. The first-order valence-corrected chi connectivity index (χ1v) is 13.3. The van der Waals surface area contributed by atoms with Gasteiger partial charge in [-0.15, -0.1) is 0 Å². The summed E-state index contributed by atoms with van der Waals surface area (Å²) >= 11 is 0. The Kier molecular flexibility index (Phi) is 10.9. The summed E-state index contributed by atoms with van der Waals surface area (Å²) in [5, 5.41) is 33.8. The first kappa shape index (κ1) is 32.7. The minimum absolute atomic E-state index is 0.0286. The molecule has 0 unspecified atom stereocenters. The van der Waals surface area contributed by atoms with Crippen molar-refractivity contribution in [1.82, 2.24) is 23.6 Å². The number of hydrogen-bond acceptors (Lipinski definition) is 7. The zero-order valence-electron chi connectivity index (χ0n) is 23.8. The molecule has 4 N–H and O–H groups in total. The molecule has 0 aliphatic carbocycles. The third-order valence-electron chi connectivity index (χ3n) is 6.77. The lowest BCUT2D eigenvalue weighted by Gasteiger charge is -2.23. The van der Waals surface area contributed by atoms with E-state index in [9.17, 15) is 23.6 Å². The van der Waals surface area contributed by atoms with Gasteiger partial charge in [-0.25, -0.2) is 19.0 Å². The van der Waals surface area contributed by atoms with Crippen LogP contribution in [0.1, 0.15) is 30.4 Å². The highest BCUT2D eigenvalue weighted by molar-refractivity contribution is 5.88. The maximum absolute atomic E-state index is 13.7. The van der Waals surface area contributed by atoms with Crippen molar-refractivity contribution in [2.45, 2.75) is 44.5 Å². The zero-order chi connectivity index (χ0) is 31.7. The number of imidazole rings is 2. The van der Waals surface area contributed by atoms with E-state index < -0.39 is 36.4 Å². The van der Waals surface area contributed by atoms with Crippen molar-refractivity contribution in [2.75, 3.05) is 6.54 Å². The maximum atomic E-state index is 13.7. The molecule has 13 nitrogen and oxygen atoms in total. The summed E-state index contributed by atoms with van der Waals surface area (Å²) in [5.74, 6) is -5.24. The molecule has 0 amide bonds. The molecule has 4 rings (SSSR count). The van der Waals surface area contributed by atoms with E-state index in [1.807, 2.05) is 24.7 Å². The fraction of sp³-hybridized carbons (Fsp3) is 0.345. The first-order valence-electron chi connectivity index (χ1n) is 13.3. The van der Waals surface area contributed by atoms with Crippen LogP contribution in [-0.2, 0) is 48.1 Å². The van der Waals surface area contributed by atoms with Gasteiger partial charge in [0.05, 0.1) is 30.2 Å². The number of carboxylic acid groups (broad SMARTS) is 3. The van der Waals surface area contributed by atoms with Crippen LogP contribution in [0.2, 0.25) is 0 Å². The van der Waals surface area contributed by atoms with E-state index in [0.717, 1.165) is 48.2 Å². The highest BCUT2D eigenvalue weighted by Crippen LogP contribution is 2.18. The van der Waals surface area contributed by atoms with Crippen LogP contribution >= 0.6 is 0 Å². The molecule has 14 heteroatoms. The van der Waals surface area contributed by atoms with Crippen LogP contribution in [0.5, 0.6) is 0 Å². The van der Waals surface area contributed by atoms with Gasteiger partial charge in [0.15, 0.2) is 5.60 Å². The Morgan fingerprint density at radius 1 is 0.930 bits per heavy atom. The topological polar surface area (TPSA) is 180 Å². The molecular formula is C29H34FN5O8. The molecule has 4 aromatic rings. The minimum Gasteiger partial charge on any atom is -0.481 e. The third kappa shape index (κ3) is 9.08. The molecule has 2 aromatic carbocycles. The molecule has 0 saturated heterocycles. The summed E-state index contributed by atoms with van der Waals surface area (Å²) < 4.78 is 19.1. The molecule has 0 saturated carbocycles. The van der Waals surface area contributed by atoms with Gasteiger partial charge in [0.25, 0.3) is 0 Å². The Morgan fingerprint density at radius 3 is 2.12 bits per heavy atom. The van der Waals surface area contributed by atoms with Crippen LogP contribution in [0.15, 0.2) is 66.0 Å². The van der Waals surface area contributed by atoms with E-state index in [1.165, 1.54) is 6.07 Å². The molecule has 2 heterocycles. The van der Waals surface area contributed by atoms with Gasteiger partial charge in [0, 0.05) is 52.7 Å². The average Bonchev–Trinajstić information content (AvgIpc) is 3.51. The van der Waals surface area contributed by atoms with E-state index in [0.29, 0.717) is 6.54 Å². The number of aromatic nitrogens is 4. The number of aliphatic hydroxyl groups is 1. The Labute approximate surface area is 245 Å². The standard InChI is InChI=1S/C23H26FN5O.C6H8O7/c1-26-21-8-7-19(14-22(21)27(2)23(26)30)16-29(11-4-10-28-12-9-25-17-28)15-18-5-3-6-20(24)13-18;7-3(8)1-6(13,5(11)12)2-4(9)10/h3,5-9,12-14,17H,4,10-11,15-16H2,1-2H3;13H,1-2H2,(H,7,8)(H,9,10)(H,11,12). The Balaban J connectivity index is 0.000000331. The van der Waals surface area contributed by atoms with Crippen LogP contribution < -0.4 is 5.69 Å². The van der Waals surface area contributed by atoms with Crippen molar-refractivity contribution >= 4 is 28.9 Å². The summed E-state index contributed by atoms with van der Waals surface area (Å²) in [7, 11) is 3.58.